The van der Waals surface area contributed by atoms with Crippen molar-refractivity contribution in [3.63, 3.8) is 0 Å². The molecular formula is C17H29NO4. The summed E-state index contributed by atoms with van der Waals surface area (Å²) in [7, 11) is 3.92. The van der Waals surface area contributed by atoms with E-state index in [0.717, 1.165) is 13.0 Å². The summed E-state index contributed by atoms with van der Waals surface area (Å²) in [5, 5.41) is 0. The van der Waals surface area contributed by atoms with Gasteiger partial charge in [-0.2, -0.15) is 0 Å². The van der Waals surface area contributed by atoms with Gasteiger partial charge >= 0.3 is 11.9 Å². The highest BCUT2D eigenvalue weighted by Crippen LogP contribution is 2.09. The minimum atomic E-state index is -0.457. The van der Waals surface area contributed by atoms with Crippen LogP contribution in [-0.4, -0.2) is 50.2 Å². The number of carbonyl (C=O) groups is 2. The molecule has 0 saturated carbocycles. The Labute approximate surface area is 134 Å². The Morgan fingerprint density at radius 2 is 1.77 bits per heavy atom. The van der Waals surface area contributed by atoms with Crippen molar-refractivity contribution in [2.45, 2.75) is 45.6 Å². The fourth-order valence-corrected chi connectivity index (χ4v) is 1.73. The normalized spacial score (nSPS) is 13.0. The second-order valence-electron chi connectivity index (χ2n) is 5.28. The zero-order valence-corrected chi connectivity index (χ0v) is 14.2. The van der Waals surface area contributed by atoms with E-state index in [-0.39, 0.29) is 25.0 Å². The van der Waals surface area contributed by atoms with E-state index in [1.165, 1.54) is 0 Å². The Balaban J connectivity index is 4.25. The summed E-state index contributed by atoms with van der Waals surface area (Å²) in [5.74, 6) is -0.619. The number of nitrogens with zero attached hydrogens (tertiary/aromatic N) is 1. The van der Waals surface area contributed by atoms with Crippen LogP contribution in [0.1, 0.15) is 39.5 Å². The van der Waals surface area contributed by atoms with Crippen molar-refractivity contribution >= 4 is 11.9 Å². The lowest BCUT2D eigenvalue weighted by Gasteiger charge is -2.16. The van der Waals surface area contributed by atoms with Gasteiger partial charge in [-0.1, -0.05) is 24.3 Å². The van der Waals surface area contributed by atoms with Crippen LogP contribution in [0.25, 0.3) is 0 Å². The molecule has 0 amide bonds. The van der Waals surface area contributed by atoms with Crippen molar-refractivity contribution in [1.29, 1.82) is 0 Å². The second kappa shape index (κ2) is 13.1. The summed E-state index contributed by atoms with van der Waals surface area (Å²) in [6, 6.07) is 0. The Morgan fingerprint density at radius 3 is 2.36 bits per heavy atom. The molecular weight excluding hydrogens is 282 g/mol. The van der Waals surface area contributed by atoms with Gasteiger partial charge in [-0.15, -0.1) is 0 Å². The van der Waals surface area contributed by atoms with E-state index >= 15 is 0 Å². The number of hydrogen-bond donors (Lipinski definition) is 0. The highest BCUT2D eigenvalue weighted by atomic mass is 16.6. The molecule has 0 aliphatic carbocycles. The number of carbonyl (C=O) groups excluding carboxylic acids is 2. The first-order chi connectivity index (χ1) is 10.5. The molecule has 0 rings (SSSR count). The molecule has 0 aromatic heterocycles. The average molecular weight is 311 g/mol. The van der Waals surface area contributed by atoms with Crippen molar-refractivity contribution in [2.24, 2.45) is 0 Å². The molecule has 0 saturated heterocycles. The van der Waals surface area contributed by atoms with Crippen molar-refractivity contribution in [2.75, 3.05) is 27.2 Å². The molecule has 0 radical (unpaired) electrons. The Hall–Kier alpha value is -1.62. The molecule has 0 aromatic carbocycles. The predicted molar refractivity (Wildman–Crippen MR) is 87.5 cm³/mol. The van der Waals surface area contributed by atoms with E-state index in [2.05, 4.69) is 0 Å². The molecule has 1 atom stereocenters. The fourth-order valence-electron chi connectivity index (χ4n) is 1.73. The van der Waals surface area contributed by atoms with Gasteiger partial charge in [0.2, 0.25) is 0 Å². The largest absolute Gasteiger partial charge is 0.461 e. The van der Waals surface area contributed by atoms with Gasteiger partial charge in [-0.25, -0.2) is 0 Å². The first kappa shape index (κ1) is 20.4. The first-order valence-electron chi connectivity index (χ1n) is 7.71. The maximum atomic E-state index is 11.8. The van der Waals surface area contributed by atoms with Crippen LogP contribution in [0.15, 0.2) is 24.3 Å². The maximum absolute atomic E-state index is 11.8. The van der Waals surface area contributed by atoms with Crippen LogP contribution in [0.4, 0.5) is 0 Å². The summed E-state index contributed by atoms with van der Waals surface area (Å²) in [6.07, 6.45) is 8.58. The molecule has 5 heteroatoms. The van der Waals surface area contributed by atoms with Gasteiger partial charge in [0.05, 0.1) is 6.42 Å². The molecule has 22 heavy (non-hydrogen) atoms. The van der Waals surface area contributed by atoms with E-state index in [9.17, 15) is 9.59 Å². The molecule has 0 aromatic rings. The van der Waals surface area contributed by atoms with E-state index in [4.69, 9.17) is 9.47 Å². The van der Waals surface area contributed by atoms with E-state index in [1.54, 1.807) is 6.08 Å². The number of esters is 2. The van der Waals surface area contributed by atoms with Gasteiger partial charge in [0.1, 0.15) is 12.7 Å². The Bertz CT molecular complexity index is 375. The predicted octanol–water partition coefficient (Wildman–Crippen LogP) is 2.72. The van der Waals surface area contributed by atoms with Gasteiger partial charge in [0, 0.05) is 12.8 Å². The lowest BCUT2D eigenvalue weighted by molar-refractivity contribution is -0.154. The molecule has 0 fully saturated rings. The number of ether oxygens (including phenoxy) is 2. The molecule has 0 aliphatic rings. The molecule has 1 unspecified atom stereocenters. The maximum Gasteiger partial charge on any atom is 0.309 e. The molecule has 0 N–H and O–H groups in total. The van der Waals surface area contributed by atoms with Gasteiger partial charge in [-0.05, 0) is 40.9 Å². The average Bonchev–Trinajstić information content (AvgIpc) is 2.44. The minimum absolute atomic E-state index is 0.0846. The quantitative estimate of drug-likeness (QED) is 0.434. The van der Waals surface area contributed by atoms with Crippen molar-refractivity contribution < 1.29 is 19.1 Å². The Morgan fingerprint density at radius 1 is 1.09 bits per heavy atom. The third-order valence-corrected chi connectivity index (χ3v) is 2.89. The van der Waals surface area contributed by atoms with Crippen molar-refractivity contribution in [3.8, 4) is 0 Å². The number of allylic oxidation sites excluding steroid dienone is 2. The SMILES string of the molecule is C/C=C\CC(CC(=O)OC/C=C/C)OC(=O)CCCN(C)C. The monoisotopic (exact) mass is 311 g/mol. The smallest absolute Gasteiger partial charge is 0.309 e. The molecule has 0 heterocycles. The standard InChI is InChI=1S/C17H29NO4/c1-5-7-10-15(14-17(20)21-13-8-6-2)22-16(19)11-9-12-18(3)4/h5-8,15H,9-14H2,1-4H3/b7-5-,8-6+. The zero-order chi connectivity index (χ0) is 16.8. The first-order valence-corrected chi connectivity index (χ1v) is 7.71. The second-order valence-corrected chi connectivity index (χ2v) is 5.28. The summed E-state index contributed by atoms with van der Waals surface area (Å²) in [5.41, 5.74) is 0. The molecule has 0 spiro atoms. The van der Waals surface area contributed by atoms with Crippen molar-refractivity contribution in [3.05, 3.63) is 24.3 Å². The van der Waals surface area contributed by atoms with E-state index in [1.807, 2.05) is 51.1 Å². The van der Waals surface area contributed by atoms with Crippen LogP contribution in [0, 0.1) is 0 Å². The third kappa shape index (κ3) is 12.1. The molecule has 0 aliphatic heterocycles. The number of hydrogen-bond acceptors (Lipinski definition) is 5. The van der Waals surface area contributed by atoms with Crippen LogP contribution in [0.5, 0.6) is 0 Å². The van der Waals surface area contributed by atoms with Gasteiger partial charge < -0.3 is 14.4 Å². The topological polar surface area (TPSA) is 55.8 Å². The van der Waals surface area contributed by atoms with Gasteiger partial charge in [0.15, 0.2) is 0 Å². The van der Waals surface area contributed by atoms with E-state index in [0.29, 0.717) is 12.8 Å². The Kier molecular flexibility index (Phi) is 12.1. The van der Waals surface area contributed by atoms with Crippen LogP contribution in [-0.2, 0) is 19.1 Å². The van der Waals surface area contributed by atoms with Gasteiger partial charge in [0.25, 0.3) is 0 Å². The fraction of sp³-hybridized carbons (Fsp3) is 0.647. The van der Waals surface area contributed by atoms with Crippen LogP contribution < -0.4 is 0 Å². The lowest BCUT2D eigenvalue weighted by Crippen LogP contribution is -2.23. The lowest BCUT2D eigenvalue weighted by atomic mass is 10.1. The summed E-state index contributed by atoms with van der Waals surface area (Å²) in [6.45, 7) is 4.83. The minimum Gasteiger partial charge on any atom is -0.461 e. The molecule has 5 nitrogen and oxygen atoms in total. The third-order valence-electron chi connectivity index (χ3n) is 2.89. The summed E-state index contributed by atoms with van der Waals surface area (Å²) >= 11 is 0. The van der Waals surface area contributed by atoms with Crippen LogP contribution >= 0.6 is 0 Å². The molecule has 126 valence electrons. The van der Waals surface area contributed by atoms with Crippen LogP contribution in [0.2, 0.25) is 0 Å². The summed E-state index contributed by atoms with van der Waals surface area (Å²) in [4.78, 5) is 25.5. The zero-order valence-electron chi connectivity index (χ0n) is 14.2. The summed E-state index contributed by atoms with van der Waals surface area (Å²) < 4.78 is 10.4. The van der Waals surface area contributed by atoms with E-state index < -0.39 is 6.10 Å². The highest BCUT2D eigenvalue weighted by molar-refractivity contribution is 5.72. The van der Waals surface area contributed by atoms with Crippen LogP contribution in [0.3, 0.4) is 0 Å². The van der Waals surface area contributed by atoms with Crippen molar-refractivity contribution in [1.82, 2.24) is 4.90 Å². The molecule has 0 bridgehead atoms. The van der Waals surface area contributed by atoms with Gasteiger partial charge in [-0.3, -0.25) is 9.59 Å². The number of rotatable bonds is 11. The highest BCUT2D eigenvalue weighted by Gasteiger charge is 2.18.